The van der Waals surface area contributed by atoms with Crippen molar-refractivity contribution >= 4 is 5.97 Å². The zero-order valence-corrected chi connectivity index (χ0v) is 14.9. The number of aliphatic carboxylic acids is 1. The van der Waals surface area contributed by atoms with Crippen molar-refractivity contribution in [3.05, 3.63) is 46.6 Å². The summed E-state index contributed by atoms with van der Waals surface area (Å²) in [5.41, 5.74) is -1.10. The number of aryl methyl sites for hydroxylation is 1. The van der Waals surface area contributed by atoms with E-state index in [-0.39, 0.29) is 12.3 Å². The second-order valence-electron chi connectivity index (χ2n) is 7.64. The van der Waals surface area contributed by atoms with Crippen molar-refractivity contribution in [2.24, 2.45) is 5.92 Å². The van der Waals surface area contributed by atoms with Gasteiger partial charge >= 0.3 is 5.97 Å². The standard InChI is InChI=1S/C20H26FNO3/c1-19(2,22-3)16-9-8-14(12-17(16)21)10-11-20(25,13-18(23)24)15-6-4-5-7-15/h8-9,12,15,25H,4-7,10-11,13H2,1-2H3,(H,23,24). The van der Waals surface area contributed by atoms with Gasteiger partial charge in [-0.05, 0) is 49.3 Å². The number of halogens is 1. The van der Waals surface area contributed by atoms with E-state index in [0.717, 1.165) is 25.7 Å². The first-order chi connectivity index (χ1) is 11.7. The molecule has 1 saturated carbocycles. The maximum absolute atomic E-state index is 14.4. The fourth-order valence-electron chi connectivity index (χ4n) is 3.79. The van der Waals surface area contributed by atoms with Crippen molar-refractivity contribution in [2.75, 3.05) is 0 Å². The zero-order valence-electron chi connectivity index (χ0n) is 14.9. The van der Waals surface area contributed by atoms with E-state index in [1.165, 1.54) is 6.07 Å². The van der Waals surface area contributed by atoms with Gasteiger partial charge in [-0.2, -0.15) is 0 Å². The van der Waals surface area contributed by atoms with Crippen molar-refractivity contribution in [2.45, 2.75) is 69.9 Å². The summed E-state index contributed by atoms with van der Waals surface area (Å²) in [5, 5.41) is 20.1. The van der Waals surface area contributed by atoms with Crippen LogP contribution >= 0.6 is 0 Å². The number of carboxylic acid groups (broad SMARTS) is 1. The van der Waals surface area contributed by atoms with E-state index in [1.54, 1.807) is 26.0 Å². The second kappa shape index (κ2) is 7.53. The largest absolute Gasteiger partial charge is 0.481 e. The quantitative estimate of drug-likeness (QED) is 0.723. The van der Waals surface area contributed by atoms with Crippen LogP contribution in [0.15, 0.2) is 18.2 Å². The molecular weight excluding hydrogens is 321 g/mol. The molecule has 1 atom stereocenters. The number of carboxylic acids is 1. The lowest BCUT2D eigenvalue weighted by atomic mass is 9.79. The molecule has 1 aliphatic rings. The first-order valence-corrected chi connectivity index (χ1v) is 8.79. The van der Waals surface area contributed by atoms with Crippen LogP contribution in [0.4, 0.5) is 4.39 Å². The lowest BCUT2D eigenvalue weighted by Gasteiger charge is -2.33. The minimum absolute atomic E-state index is 0.00577. The molecule has 0 heterocycles. The summed E-state index contributed by atoms with van der Waals surface area (Å²) in [5.74, 6) is -1.44. The highest BCUT2D eigenvalue weighted by Gasteiger charge is 2.39. The Kier molecular flexibility index (Phi) is 5.84. The van der Waals surface area contributed by atoms with Crippen molar-refractivity contribution in [1.29, 1.82) is 0 Å². The molecule has 1 fully saturated rings. The van der Waals surface area contributed by atoms with E-state index in [1.807, 2.05) is 0 Å². The Morgan fingerprint density at radius 1 is 1.36 bits per heavy atom. The molecule has 136 valence electrons. The first kappa shape index (κ1) is 19.4. The highest BCUT2D eigenvalue weighted by Crippen LogP contribution is 2.39. The zero-order chi connectivity index (χ0) is 18.7. The molecule has 4 nitrogen and oxygen atoms in total. The Labute approximate surface area is 148 Å². The third-order valence-corrected chi connectivity index (χ3v) is 5.39. The summed E-state index contributed by atoms with van der Waals surface area (Å²) in [7, 11) is 0. The fraction of sp³-hybridized carbons (Fsp3) is 0.600. The third kappa shape index (κ3) is 4.58. The van der Waals surface area contributed by atoms with Gasteiger partial charge in [0.2, 0.25) is 0 Å². The molecular formula is C20H26FNO3. The highest BCUT2D eigenvalue weighted by molar-refractivity contribution is 5.68. The molecule has 1 aromatic carbocycles. The summed E-state index contributed by atoms with van der Waals surface area (Å²) in [4.78, 5) is 14.6. The van der Waals surface area contributed by atoms with E-state index in [9.17, 15) is 14.3 Å². The minimum atomic E-state index is -1.24. The maximum atomic E-state index is 14.4. The molecule has 0 saturated heterocycles. The number of hydrogen-bond acceptors (Lipinski definition) is 2. The van der Waals surface area contributed by atoms with E-state index < -0.39 is 22.9 Å². The molecule has 1 unspecified atom stereocenters. The van der Waals surface area contributed by atoms with Crippen LogP contribution in [0.3, 0.4) is 0 Å². The average Bonchev–Trinajstić information content (AvgIpc) is 3.07. The molecule has 0 aliphatic heterocycles. The Balaban J connectivity index is 2.14. The number of nitrogens with zero attached hydrogens (tertiary/aromatic N) is 1. The molecule has 0 radical (unpaired) electrons. The minimum Gasteiger partial charge on any atom is -0.481 e. The first-order valence-electron chi connectivity index (χ1n) is 8.79. The van der Waals surface area contributed by atoms with Gasteiger partial charge in [0, 0.05) is 13.8 Å². The summed E-state index contributed by atoms with van der Waals surface area (Å²) in [6, 6.07) is 4.79. The van der Waals surface area contributed by atoms with E-state index in [2.05, 4.69) is 4.85 Å². The molecule has 2 N–H and O–H groups in total. The Hall–Kier alpha value is -1.93. The fourth-order valence-corrected chi connectivity index (χ4v) is 3.79. The lowest BCUT2D eigenvalue weighted by Crippen LogP contribution is -2.39. The molecule has 0 amide bonds. The number of aliphatic hydroxyl groups is 1. The Morgan fingerprint density at radius 3 is 2.52 bits per heavy atom. The molecule has 0 spiro atoms. The number of carbonyl (C=O) groups is 1. The molecule has 25 heavy (non-hydrogen) atoms. The van der Waals surface area contributed by atoms with Crippen molar-refractivity contribution in [3.63, 3.8) is 0 Å². The van der Waals surface area contributed by atoms with E-state index in [0.29, 0.717) is 24.0 Å². The van der Waals surface area contributed by atoms with Gasteiger partial charge in [0.25, 0.3) is 5.54 Å². The summed E-state index contributed by atoms with van der Waals surface area (Å²) >= 11 is 0. The second-order valence-corrected chi connectivity index (χ2v) is 7.64. The van der Waals surface area contributed by atoms with Gasteiger partial charge in [-0.1, -0.05) is 18.9 Å². The Morgan fingerprint density at radius 2 is 2.00 bits per heavy atom. The molecule has 1 aliphatic carbocycles. The average molecular weight is 347 g/mol. The van der Waals surface area contributed by atoms with Crippen molar-refractivity contribution in [1.82, 2.24) is 0 Å². The van der Waals surface area contributed by atoms with Crippen molar-refractivity contribution in [3.8, 4) is 0 Å². The molecule has 0 bridgehead atoms. The normalized spacial score (nSPS) is 17.9. The van der Waals surface area contributed by atoms with E-state index in [4.69, 9.17) is 11.7 Å². The van der Waals surface area contributed by atoms with Crippen LogP contribution < -0.4 is 0 Å². The van der Waals surface area contributed by atoms with Gasteiger partial charge in [-0.3, -0.25) is 4.79 Å². The van der Waals surface area contributed by atoms with Crippen LogP contribution in [0.5, 0.6) is 0 Å². The molecule has 5 heteroatoms. The molecule has 0 aromatic heterocycles. The van der Waals surface area contributed by atoms with E-state index >= 15 is 0 Å². The molecule has 1 aromatic rings. The highest BCUT2D eigenvalue weighted by atomic mass is 19.1. The maximum Gasteiger partial charge on any atom is 0.306 e. The van der Waals surface area contributed by atoms with Gasteiger partial charge in [0.05, 0.1) is 17.6 Å². The topological polar surface area (TPSA) is 61.9 Å². The van der Waals surface area contributed by atoms with Crippen LogP contribution in [-0.4, -0.2) is 21.8 Å². The monoisotopic (exact) mass is 347 g/mol. The smallest absolute Gasteiger partial charge is 0.306 e. The van der Waals surface area contributed by atoms with Gasteiger partial charge < -0.3 is 15.1 Å². The van der Waals surface area contributed by atoms with Crippen LogP contribution in [0.2, 0.25) is 0 Å². The summed E-state index contributed by atoms with van der Waals surface area (Å²) in [6.07, 6.45) is 4.16. The predicted molar refractivity (Wildman–Crippen MR) is 93.5 cm³/mol. The van der Waals surface area contributed by atoms with Gasteiger partial charge in [-0.25, -0.2) is 11.0 Å². The van der Waals surface area contributed by atoms with Crippen molar-refractivity contribution < 1.29 is 19.4 Å². The SMILES string of the molecule is [C-]#[N+]C(C)(C)c1ccc(CCC(O)(CC(=O)O)C2CCCC2)cc1F. The number of benzene rings is 1. The van der Waals surface area contributed by atoms with Crippen LogP contribution in [0.1, 0.15) is 63.5 Å². The predicted octanol–water partition coefficient (Wildman–Crippen LogP) is 4.31. The lowest BCUT2D eigenvalue weighted by molar-refractivity contribution is -0.145. The third-order valence-electron chi connectivity index (χ3n) is 5.39. The summed E-state index contributed by atoms with van der Waals surface area (Å²) in [6.45, 7) is 10.5. The molecule has 2 rings (SSSR count). The van der Waals surface area contributed by atoms with Gasteiger partial charge in [0.1, 0.15) is 5.82 Å². The number of hydrogen-bond donors (Lipinski definition) is 2. The Bertz CT molecular complexity index is 674. The van der Waals surface area contributed by atoms with Crippen LogP contribution in [-0.2, 0) is 16.8 Å². The number of rotatable bonds is 7. The summed E-state index contributed by atoms with van der Waals surface area (Å²) < 4.78 is 14.4. The van der Waals surface area contributed by atoms with Crippen LogP contribution in [0.25, 0.3) is 4.85 Å². The van der Waals surface area contributed by atoms with Gasteiger partial charge in [0.15, 0.2) is 0 Å². The van der Waals surface area contributed by atoms with Crippen LogP contribution in [0, 0.1) is 18.3 Å². The van der Waals surface area contributed by atoms with Gasteiger partial charge in [-0.15, -0.1) is 0 Å².